The minimum absolute atomic E-state index is 0.199. The Balaban J connectivity index is 1.42. The van der Waals surface area contributed by atoms with Crippen LogP contribution in [-0.4, -0.2) is 47.3 Å². The molecule has 128 valence electrons. The van der Waals surface area contributed by atoms with E-state index in [1.165, 1.54) is 12.7 Å². The van der Waals surface area contributed by atoms with Gasteiger partial charge in [-0.1, -0.05) is 0 Å². The second-order valence-electron chi connectivity index (χ2n) is 5.92. The third kappa shape index (κ3) is 3.37. The van der Waals surface area contributed by atoms with E-state index in [0.717, 1.165) is 42.5 Å². The zero-order valence-corrected chi connectivity index (χ0v) is 13.5. The Kier molecular flexibility index (Phi) is 4.62. The van der Waals surface area contributed by atoms with Gasteiger partial charge in [-0.3, -0.25) is 0 Å². The number of rotatable bonds is 5. The lowest BCUT2D eigenvalue weighted by molar-refractivity contribution is -0.0460. The standard InChI is InChI=1S/C17H21N3O4/c1-2-6-22-14(3-1)10-21-11-17-18-12-19-20(17)13-4-5-15-16(9-13)24-8-7-23-15/h4-5,9,12,14H,1-3,6-8,10-11H2/t14-/m1/s1. The van der Waals surface area contributed by atoms with Crippen LogP contribution < -0.4 is 9.47 Å². The van der Waals surface area contributed by atoms with E-state index < -0.39 is 0 Å². The van der Waals surface area contributed by atoms with Gasteiger partial charge in [-0.15, -0.1) is 0 Å². The molecule has 0 amide bonds. The van der Waals surface area contributed by atoms with Crippen molar-refractivity contribution in [1.82, 2.24) is 14.8 Å². The monoisotopic (exact) mass is 331 g/mol. The van der Waals surface area contributed by atoms with Gasteiger partial charge < -0.3 is 18.9 Å². The molecule has 0 saturated carbocycles. The van der Waals surface area contributed by atoms with Gasteiger partial charge in [0.1, 0.15) is 26.1 Å². The van der Waals surface area contributed by atoms with Gasteiger partial charge in [-0.05, 0) is 31.4 Å². The average molecular weight is 331 g/mol. The molecule has 3 heterocycles. The van der Waals surface area contributed by atoms with E-state index in [1.807, 2.05) is 18.2 Å². The van der Waals surface area contributed by atoms with Gasteiger partial charge in [-0.25, -0.2) is 9.67 Å². The fourth-order valence-electron chi connectivity index (χ4n) is 2.96. The van der Waals surface area contributed by atoms with Gasteiger partial charge in [0, 0.05) is 12.7 Å². The van der Waals surface area contributed by atoms with Gasteiger partial charge in [0.05, 0.1) is 18.4 Å². The maximum Gasteiger partial charge on any atom is 0.163 e. The van der Waals surface area contributed by atoms with Crippen LogP contribution in [0.1, 0.15) is 25.1 Å². The minimum atomic E-state index is 0.199. The lowest BCUT2D eigenvalue weighted by Gasteiger charge is -2.22. The summed E-state index contributed by atoms with van der Waals surface area (Å²) in [4.78, 5) is 4.30. The molecular formula is C17H21N3O4. The Morgan fingerprint density at radius 1 is 1.12 bits per heavy atom. The first-order chi connectivity index (χ1) is 11.9. The summed E-state index contributed by atoms with van der Waals surface area (Å²) in [5.41, 5.74) is 0.879. The van der Waals surface area contributed by atoms with Crippen LogP contribution in [0.25, 0.3) is 5.69 Å². The zero-order chi connectivity index (χ0) is 16.2. The first-order valence-electron chi connectivity index (χ1n) is 8.38. The second kappa shape index (κ2) is 7.19. The molecule has 1 aromatic heterocycles. The molecule has 0 unspecified atom stereocenters. The predicted molar refractivity (Wildman–Crippen MR) is 85.6 cm³/mol. The molecule has 24 heavy (non-hydrogen) atoms. The summed E-state index contributed by atoms with van der Waals surface area (Å²) in [6.07, 6.45) is 5.15. The number of benzene rings is 1. The third-order valence-corrected chi connectivity index (χ3v) is 4.20. The number of hydrogen-bond acceptors (Lipinski definition) is 6. The molecule has 4 rings (SSSR count). The highest BCUT2D eigenvalue weighted by Crippen LogP contribution is 2.32. The molecule has 1 saturated heterocycles. The maximum absolute atomic E-state index is 5.79. The smallest absolute Gasteiger partial charge is 0.163 e. The molecule has 0 spiro atoms. The van der Waals surface area contributed by atoms with Crippen LogP contribution in [0.5, 0.6) is 11.5 Å². The Hall–Kier alpha value is -2.12. The van der Waals surface area contributed by atoms with E-state index in [1.54, 1.807) is 4.68 Å². The van der Waals surface area contributed by atoms with Crippen LogP contribution in [0.4, 0.5) is 0 Å². The summed E-state index contributed by atoms with van der Waals surface area (Å²) in [5.74, 6) is 2.25. The fourth-order valence-corrected chi connectivity index (χ4v) is 2.96. The van der Waals surface area contributed by atoms with E-state index in [2.05, 4.69) is 10.1 Å². The average Bonchev–Trinajstić information content (AvgIpc) is 3.11. The summed E-state index contributed by atoms with van der Waals surface area (Å²) >= 11 is 0. The number of fused-ring (bicyclic) bond motifs is 1. The van der Waals surface area contributed by atoms with E-state index in [-0.39, 0.29) is 6.10 Å². The lowest BCUT2D eigenvalue weighted by Crippen LogP contribution is -2.24. The largest absolute Gasteiger partial charge is 0.486 e. The predicted octanol–water partition coefficient (Wildman–Crippen LogP) is 2.12. The molecule has 0 aliphatic carbocycles. The van der Waals surface area contributed by atoms with Gasteiger partial charge in [0.15, 0.2) is 17.3 Å². The normalized spacial score (nSPS) is 20.1. The van der Waals surface area contributed by atoms with E-state index in [9.17, 15) is 0 Å². The molecule has 1 aromatic carbocycles. The molecular weight excluding hydrogens is 310 g/mol. The van der Waals surface area contributed by atoms with Crippen LogP contribution >= 0.6 is 0 Å². The molecule has 2 aromatic rings. The van der Waals surface area contributed by atoms with Gasteiger partial charge in [-0.2, -0.15) is 5.10 Å². The van der Waals surface area contributed by atoms with E-state index >= 15 is 0 Å². The molecule has 0 N–H and O–H groups in total. The topological polar surface area (TPSA) is 67.6 Å². The fraction of sp³-hybridized carbons (Fsp3) is 0.529. The highest BCUT2D eigenvalue weighted by Gasteiger charge is 2.16. The Morgan fingerprint density at radius 2 is 2.04 bits per heavy atom. The molecule has 2 aliphatic heterocycles. The van der Waals surface area contributed by atoms with Gasteiger partial charge >= 0.3 is 0 Å². The van der Waals surface area contributed by atoms with Crippen molar-refractivity contribution >= 4 is 0 Å². The van der Waals surface area contributed by atoms with Crippen molar-refractivity contribution < 1.29 is 18.9 Å². The van der Waals surface area contributed by atoms with Crippen LogP contribution in [0, 0.1) is 0 Å². The van der Waals surface area contributed by atoms with Crippen molar-refractivity contribution in [3.63, 3.8) is 0 Å². The van der Waals surface area contributed by atoms with Crippen LogP contribution in [0.3, 0.4) is 0 Å². The highest BCUT2D eigenvalue weighted by molar-refractivity contribution is 5.49. The Morgan fingerprint density at radius 3 is 2.92 bits per heavy atom. The number of ether oxygens (including phenoxy) is 4. The zero-order valence-electron chi connectivity index (χ0n) is 13.5. The summed E-state index contributed by atoms with van der Waals surface area (Å²) in [5, 5.41) is 4.30. The SMILES string of the molecule is c1nc(COC[C@H]2CCCCO2)n(-c2ccc3c(c2)OCCO3)n1. The molecule has 0 bridgehead atoms. The van der Waals surface area contributed by atoms with E-state index in [0.29, 0.717) is 26.4 Å². The van der Waals surface area contributed by atoms with Crippen LogP contribution in [0.2, 0.25) is 0 Å². The summed E-state index contributed by atoms with van der Waals surface area (Å²) in [6.45, 7) is 2.97. The Bertz CT molecular complexity index is 682. The van der Waals surface area contributed by atoms with Gasteiger partial charge in [0.2, 0.25) is 0 Å². The molecule has 1 fully saturated rings. The van der Waals surface area contributed by atoms with Crippen molar-refractivity contribution in [3.05, 3.63) is 30.4 Å². The number of nitrogens with zero attached hydrogens (tertiary/aromatic N) is 3. The van der Waals surface area contributed by atoms with Gasteiger partial charge in [0.25, 0.3) is 0 Å². The number of aromatic nitrogens is 3. The summed E-state index contributed by atoms with van der Waals surface area (Å²) in [7, 11) is 0. The Labute approximate surface area is 140 Å². The molecule has 0 radical (unpaired) electrons. The van der Waals surface area contributed by atoms with Crippen LogP contribution in [-0.2, 0) is 16.1 Å². The molecule has 1 atom stereocenters. The second-order valence-corrected chi connectivity index (χ2v) is 5.92. The quantitative estimate of drug-likeness (QED) is 0.836. The van der Waals surface area contributed by atoms with Crippen molar-refractivity contribution in [2.24, 2.45) is 0 Å². The maximum atomic E-state index is 5.79. The first-order valence-corrected chi connectivity index (χ1v) is 8.38. The van der Waals surface area contributed by atoms with Crippen molar-refractivity contribution in [2.75, 3.05) is 26.4 Å². The summed E-state index contributed by atoms with van der Waals surface area (Å²) in [6, 6.07) is 5.75. The summed E-state index contributed by atoms with van der Waals surface area (Å²) < 4.78 is 24.4. The lowest BCUT2D eigenvalue weighted by atomic mass is 10.1. The molecule has 7 nitrogen and oxygen atoms in total. The number of hydrogen-bond donors (Lipinski definition) is 0. The molecule has 7 heteroatoms. The van der Waals surface area contributed by atoms with Crippen LogP contribution in [0.15, 0.2) is 24.5 Å². The van der Waals surface area contributed by atoms with Crippen molar-refractivity contribution in [3.8, 4) is 17.2 Å². The van der Waals surface area contributed by atoms with E-state index in [4.69, 9.17) is 18.9 Å². The first kappa shape index (κ1) is 15.4. The highest BCUT2D eigenvalue weighted by atomic mass is 16.6. The molecule has 2 aliphatic rings. The third-order valence-electron chi connectivity index (χ3n) is 4.20. The van der Waals surface area contributed by atoms with Crippen molar-refractivity contribution in [1.29, 1.82) is 0 Å². The van der Waals surface area contributed by atoms with Crippen molar-refractivity contribution in [2.45, 2.75) is 32.0 Å². The minimum Gasteiger partial charge on any atom is -0.486 e.